The first kappa shape index (κ1) is 16.2. The largest absolute Gasteiger partial charge is 0.322 e. The van der Waals surface area contributed by atoms with E-state index < -0.39 is 10.0 Å². The van der Waals surface area contributed by atoms with Crippen LogP contribution in [0.15, 0.2) is 29.6 Å². The average Bonchev–Trinajstić information content (AvgIpc) is 2.78. The van der Waals surface area contributed by atoms with E-state index in [4.69, 9.17) is 0 Å². The van der Waals surface area contributed by atoms with Gasteiger partial charge in [-0.25, -0.2) is 8.42 Å². The van der Waals surface area contributed by atoms with Gasteiger partial charge in [-0.05, 0) is 59.3 Å². The van der Waals surface area contributed by atoms with Crippen LogP contribution in [0, 0.1) is 9.81 Å². The van der Waals surface area contributed by atoms with Crippen LogP contribution in [0.3, 0.4) is 0 Å². The molecule has 2 aromatic rings. The zero-order chi connectivity index (χ0) is 15.6. The molecule has 5 nitrogen and oxygen atoms in total. The number of amides is 1. The second-order valence-electron chi connectivity index (χ2n) is 4.50. The third-order valence-electron chi connectivity index (χ3n) is 2.61. The Morgan fingerprint density at radius 1 is 1.29 bits per heavy atom. The number of sulfonamides is 1. The maximum absolute atomic E-state index is 12.0. The van der Waals surface area contributed by atoms with Gasteiger partial charge in [0.05, 0.1) is 20.4 Å². The predicted octanol–water partition coefficient (Wildman–Crippen LogP) is 3.28. The van der Waals surface area contributed by atoms with Crippen molar-refractivity contribution >= 4 is 61.2 Å². The topological polar surface area (TPSA) is 75.3 Å². The van der Waals surface area contributed by atoms with Gasteiger partial charge in [-0.2, -0.15) is 0 Å². The van der Waals surface area contributed by atoms with E-state index in [2.05, 4.69) is 32.6 Å². The fourth-order valence-corrected chi connectivity index (χ4v) is 3.64. The van der Waals surface area contributed by atoms with Gasteiger partial charge in [0.15, 0.2) is 0 Å². The van der Waals surface area contributed by atoms with E-state index in [0.29, 0.717) is 16.9 Å². The number of anilines is 2. The van der Waals surface area contributed by atoms with Crippen LogP contribution >= 0.6 is 33.9 Å². The predicted molar refractivity (Wildman–Crippen MR) is 94.6 cm³/mol. The summed E-state index contributed by atoms with van der Waals surface area (Å²) in [6.45, 7) is 1.77. The van der Waals surface area contributed by atoms with Crippen LogP contribution in [0.5, 0.6) is 0 Å². The van der Waals surface area contributed by atoms with Crippen molar-refractivity contribution in [1.29, 1.82) is 0 Å². The molecule has 0 saturated carbocycles. The van der Waals surface area contributed by atoms with Gasteiger partial charge >= 0.3 is 0 Å². The highest BCUT2D eigenvalue weighted by molar-refractivity contribution is 14.1. The quantitative estimate of drug-likeness (QED) is 0.723. The summed E-state index contributed by atoms with van der Waals surface area (Å²) in [4.78, 5) is 12.0. The lowest BCUT2D eigenvalue weighted by Crippen LogP contribution is -2.13. The number of halogens is 1. The van der Waals surface area contributed by atoms with Crippen molar-refractivity contribution < 1.29 is 13.2 Å². The van der Waals surface area contributed by atoms with E-state index in [0.717, 1.165) is 14.7 Å². The van der Waals surface area contributed by atoms with Gasteiger partial charge in [0.25, 0.3) is 5.91 Å². The first-order valence-electron chi connectivity index (χ1n) is 5.88. The molecule has 1 amide bonds. The van der Waals surface area contributed by atoms with Crippen LogP contribution in [0.2, 0.25) is 0 Å². The number of hydrogen-bond acceptors (Lipinski definition) is 4. The summed E-state index contributed by atoms with van der Waals surface area (Å²) in [7, 11) is -3.31. The standard InChI is InChI=1S/C13H13IN2O3S2/c1-8-5-10(3-4-11(8)16-21(2,18)19)15-13(17)9-6-12(14)20-7-9/h3-7,16H,1-2H3,(H,15,17). The summed E-state index contributed by atoms with van der Waals surface area (Å²) < 4.78 is 25.9. The summed E-state index contributed by atoms with van der Waals surface area (Å²) in [5.41, 5.74) is 2.47. The number of aryl methyl sites for hydroxylation is 1. The van der Waals surface area contributed by atoms with Gasteiger partial charge < -0.3 is 5.32 Å². The number of carbonyl (C=O) groups excluding carboxylic acids is 1. The lowest BCUT2D eigenvalue weighted by atomic mass is 10.2. The first-order valence-corrected chi connectivity index (χ1v) is 9.73. The van der Waals surface area contributed by atoms with Crippen molar-refractivity contribution in [2.24, 2.45) is 0 Å². The Morgan fingerprint density at radius 2 is 2.00 bits per heavy atom. The maximum atomic E-state index is 12.0. The molecule has 21 heavy (non-hydrogen) atoms. The smallest absolute Gasteiger partial charge is 0.256 e. The molecule has 8 heteroatoms. The van der Waals surface area contributed by atoms with E-state index in [1.54, 1.807) is 30.5 Å². The van der Waals surface area contributed by atoms with Crippen LogP contribution in [0.25, 0.3) is 0 Å². The van der Waals surface area contributed by atoms with Gasteiger partial charge in [0.2, 0.25) is 10.0 Å². The van der Waals surface area contributed by atoms with E-state index in [1.807, 2.05) is 6.07 Å². The van der Waals surface area contributed by atoms with Gasteiger partial charge in [-0.1, -0.05) is 0 Å². The van der Waals surface area contributed by atoms with Crippen LogP contribution in [0.1, 0.15) is 15.9 Å². The van der Waals surface area contributed by atoms with Crippen LogP contribution in [-0.4, -0.2) is 20.6 Å². The Bertz CT molecular complexity index is 784. The minimum atomic E-state index is -3.31. The van der Waals surface area contributed by atoms with Crippen molar-refractivity contribution in [2.45, 2.75) is 6.92 Å². The minimum Gasteiger partial charge on any atom is -0.322 e. The highest BCUT2D eigenvalue weighted by Crippen LogP contribution is 2.22. The van der Waals surface area contributed by atoms with Crippen molar-refractivity contribution in [3.63, 3.8) is 0 Å². The molecule has 0 saturated heterocycles. The second kappa shape index (κ2) is 6.32. The molecule has 0 radical (unpaired) electrons. The van der Waals surface area contributed by atoms with Gasteiger partial charge in [0.1, 0.15) is 0 Å². The normalized spacial score (nSPS) is 11.2. The molecule has 0 spiro atoms. The number of thiophene rings is 1. The molecule has 2 N–H and O–H groups in total. The Kier molecular flexibility index (Phi) is 4.89. The third-order valence-corrected chi connectivity index (χ3v) is 4.99. The molecule has 1 aromatic carbocycles. The number of benzene rings is 1. The van der Waals surface area contributed by atoms with Crippen molar-refractivity contribution in [1.82, 2.24) is 0 Å². The molecule has 1 heterocycles. The summed E-state index contributed by atoms with van der Waals surface area (Å²) in [5.74, 6) is -0.183. The van der Waals surface area contributed by atoms with E-state index in [-0.39, 0.29) is 5.91 Å². The zero-order valence-corrected chi connectivity index (χ0v) is 15.1. The second-order valence-corrected chi connectivity index (χ2v) is 9.05. The van der Waals surface area contributed by atoms with Crippen LogP contribution in [0.4, 0.5) is 11.4 Å². The minimum absolute atomic E-state index is 0.183. The number of rotatable bonds is 4. The lowest BCUT2D eigenvalue weighted by molar-refractivity contribution is 0.102. The molecule has 2 rings (SSSR count). The first-order chi connectivity index (χ1) is 9.74. The molecule has 0 aliphatic rings. The number of hydrogen-bond donors (Lipinski definition) is 2. The highest BCUT2D eigenvalue weighted by atomic mass is 127. The fourth-order valence-electron chi connectivity index (χ4n) is 1.69. The Labute approximate surface area is 141 Å². The SMILES string of the molecule is Cc1cc(NC(=O)c2csc(I)c2)ccc1NS(C)(=O)=O. The van der Waals surface area contributed by atoms with Gasteiger partial charge in [-0.3, -0.25) is 9.52 Å². The number of carbonyl (C=O) groups is 1. The Balaban J connectivity index is 2.15. The molecular weight excluding hydrogens is 423 g/mol. The van der Waals surface area contributed by atoms with E-state index in [1.165, 1.54) is 11.3 Å². The monoisotopic (exact) mass is 436 g/mol. The zero-order valence-electron chi connectivity index (χ0n) is 11.3. The summed E-state index contributed by atoms with van der Waals surface area (Å²) in [5, 5.41) is 4.58. The van der Waals surface area contributed by atoms with Gasteiger partial charge in [0, 0.05) is 11.1 Å². The molecule has 0 aliphatic carbocycles. The van der Waals surface area contributed by atoms with E-state index >= 15 is 0 Å². The van der Waals surface area contributed by atoms with Crippen LogP contribution in [-0.2, 0) is 10.0 Å². The summed E-state index contributed by atoms with van der Waals surface area (Å²) in [6.07, 6.45) is 1.10. The summed E-state index contributed by atoms with van der Waals surface area (Å²) >= 11 is 3.66. The van der Waals surface area contributed by atoms with Crippen molar-refractivity contribution in [3.05, 3.63) is 43.7 Å². The molecule has 0 unspecified atom stereocenters. The lowest BCUT2D eigenvalue weighted by Gasteiger charge is -2.10. The molecule has 0 atom stereocenters. The molecule has 0 aliphatic heterocycles. The molecule has 112 valence electrons. The third kappa shape index (κ3) is 4.68. The van der Waals surface area contributed by atoms with E-state index in [9.17, 15) is 13.2 Å². The molecular formula is C13H13IN2O3S2. The Morgan fingerprint density at radius 3 is 2.52 bits per heavy atom. The molecule has 0 fully saturated rings. The maximum Gasteiger partial charge on any atom is 0.256 e. The summed E-state index contributed by atoms with van der Waals surface area (Å²) in [6, 6.07) is 6.83. The Hall–Kier alpha value is -1.13. The molecule has 1 aromatic heterocycles. The van der Waals surface area contributed by atoms with Crippen molar-refractivity contribution in [2.75, 3.05) is 16.3 Å². The molecule has 0 bridgehead atoms. The fraction of sp³-hybridized carbons (Fsp3) is 0.154. The highest BCUT2D eigenvalue weighted by Gasteiger charge is 2.10. The van der Waals surface area contributed by atoms with Gasteiger partial charge in [-0.15, -0.1) is 11.3 Å². The van der Waals surface area contributed by atoms with Crippen molar-refractivity contribution in [3.8, 4) is 0 Å². The van der Waals surface area contributed by atoms with Crippen LogP contribution < -0.4 is 10.0 Å². The average molecular weight is 436 g/mol. The number of nitrogens with one attached hydrogen (secondary N) is 2.